The largest absolute Gasteiger partial charge is 0.506 e. The summed E-state index contributed by atoms with van der Waals surface area (Å²) in [6.07, 6.45) is 1.31. The van der Waals surface area contributed by atoms with Gasteiger partial charge in [-0.1, -0.05) is 0 Å². The van der Waals surface area contributed by atoms with Gasteiger partial charge in [0.1, 0.15) is 17.0 Å². The van der Waals surface area contributed by atoms with Gasteiger partial charge in [-0.25, -0.2) is 9.59 Å². The molecule has 0 aliphatic heterocycles. The molecule has 0 saturated carbocycles. The number of isocyanates is 1. The number of ether oxygens (including phenoxy) is 1. The third kappa shape index (κ3) is 3.74. The lowest BCUT2D eigenvalue weighted by molar-refractivity contribution is 0.00692. The lowest BCUT2D eigenvalue weighted by atomic mass is 10.1. The van der Waals surface area contributed by atoms with Crippen molar-refractivity contribution in [1.82, 2.24) is 0 Å². The van der Waals surface area contributed by atoms with Crippen LogP contribution in [0.15, 0.2) is 23.2 Å². The molecule has 5 nitrogen and oxygen atoms in total. The highest BCUT2D eigenvalue weighted by atomic mass is 16.6. The van der Waals surface area contributed by atoms with E-state index in [1.165, 1.54) is 24.3 Å². The van der Waals surface area contributed by atoms with Crippen LogP contribution in [0.5, 0.6) is 5.75 Å². The van der Waals surface area contributed by atoms with Gasteiger partial charge in [-0.2, -0.15) is 4.99 Å². The Balaban J connectivity index is 2.98. The number of phenols is 1. The summed E-state index contributed by atoms with van der Waals surface area (Å²) in [7, 11) is 0. The molecule has 5 heteroatoms. The molecule has 17 heavy (non-hydrogen) atoms. The molecular weight excluding hydrogens is 222 g/mol. The third-order valence-electron chi connectivity index (χ3n) is 1.78. The lowest BCUT2D eigenvalue weighted by Gasteiger charge is -2.19. The zero-order chi connectivity index (χ0) is 13.1. The maximum atomic E-state index is 11.6. The van der Waals surface area contributed by atoms with Gasteiger partial charge in [-0.3, -0.25) is 0 Å². The fourth-order valence-electron chi connectivity index (χ4n) is 1.13. The molecule has 0 unspecified atom stereocenters. The Morgan fingerprint density at radius 1 is 1.41 bits per heavy atom. The van der Waals surface area contributed by atoms with E-state index in [0.717, 1.165) is 0 Å². The molecule has 0 spiro atoms. The molecule has 0 aromatic heterocycles. The summed E-state index contributed by atoms with van der Waals surface area (Å²) < 4.78 is 5.12. The van der Waals surface area contributed by atoms with E-state index >= 15 is 0 Å². The predicted molar refractivity (Wildman–Crippen MR) is 61.1 cm³/mol. The summed E-state index contributed by atoms with van der Waals surface area (Å²) in [6.45, 7) is 5.24. The van der Waals surface area contributed by atoms with Gasteiger partial charge in [0.2, 0.25) is 6.08 Å². The number of carbonyl (C=O) groups excluding carboxylic acids is 2. The standard InChI is InChI=1S/C12H13NO4/c1-12(2,3)17-11(16)8-4-5-9(13-7-14)10(15)6-8/h4-6,15H,1-3H3. The molecule has 0 fully saturated rings. The number of carbonyl (C=O) groups is 1. The van der Waals surface area contributed by atoms with E-state index < -0.39 is 11.6 Å². The Hall–Kier alpha value is -2.13. The number of aromatic hydroxyl groups is 1. The van der Waals surface area contributed by atoms with Crippen LogP contribution in [0.1, 0.15) is 31.1 Å². The Morgan fingerprint density at radius 3 is 2.53 bits per heavy atom. The normalized spacial score (nSPS) is 10.5. The number of esters is 1. The van der Waals surface area contributed by atoms with Crippen LogP contribution in [0.4, 0.5) is 5.69 Å². The first-order valence-corrected chi connectivity index (χ1v) is 4.98. The van der Waals surface area contributed by atoms with Gasteiger partial charge in [0.05, 0.1) is 5.56 Å². The Bertz CT molecular complexity index is 482. The van der Waals surface area contributed by atoms with E-state index in [2.05, 4.69) is 4.99 Å². The number of hydrogen-bond acceptors (Lipinski definition) is 5. The number of phenolic OH excluding ortho intramolecular Hbond substituents is 1. The maximum Gasteiger partial charge on any atom is 0.338 e. The summed E-state index contributed by atoms with van der Waals surface area (Å²) in [5.74, 6) is -0.814. The summed E-state index contributed by atoms with van der Waals surface area (Å²) in [5.41, 5.74) is -0.346. The summed E-state index contributed by atoms with van der Waals surface area (Å²) in [5, 5.41) is 9.49. The molecule has 1 aromatic carbocycles. The average Bonchev–Trinajstić information content (AvgIpc) is 2.18. The molecule has 1 rings (SSSR count). The number of aliphatic imine (C=N–C) groups is 1. The molecule has 1 N–H and O–H groups in total. The van der Waals surface area contributed by atoms with Crippen LogP contribution in [-0.4, -0.2) is 22.8 Å². The smallest absolute Gasteiger partial charge is 0.338 e. The third-order valence-corrected chi connectivity index (χ3v) is 1.78. The van der Waals surface area contributed by atoms with Gasteiger partial charge in [0.25, 0.3) is 0 Å². The van der Waals surface area contributed by atoms with E-state index in [4.69, 9.17) is 4.74 Å². The Labute approximate surface area is 98.7 Å². The first kappa shape index (κ1) is 12.9. The lowest BCUT2D eigenvalue weighted by Crippen LogP contribution is -2.23. The molecule has 0 aliphatic carbocycles. The average molecular weight is 235 g/mol. The Morgan fingerprint density at radius 2 is 2.06 bits per heavy atom. The molecule has 0 aliphatic rings. The van der Waals surface area contributed by atoms with Crippen molar-refractivity contribution >= 4 is 17.7 Å². The first-order valence-electron chi connectivity index (χ1n) is 4.98. The SMILES string of the molecule is CC(C)(C)OC(=O)c1ccc(N=C=O)c(O)c1. The molecule has 0 saturated heterocycles. The Kier molecular flexibility index (Phi) is 3.66. The highest BCUT2D eigenvalue weighted by molar-refractivity contribution is 5.91. The predicted octanol–water partition coefficient (Wildman–Crippen LogP) is 2.31. The number of rotatable bonds is 2. The van der Waals surface area contributed by atoms with Crippen molar-refractivity contribution < 1.29 is 19.4 Å². The maximum absolute atomic E-state index is 11.6. The van der Waals surface area contributed by atoms with Crippen LogP contribution in [0.2, 0.25) is 0 Å². The minimum absolute atomic E-state index is 0.0623. The van der Waals surface area contributed by atoms with E-state index in [0.29, 0.717) is 0 Å². The minimum Gasteiger partial charge on any atom is -0.506 e. The first-order chi connectivity index (χ1) is 7.83. The molecule has 0 amide bonds. The van der Waals surface area contributed by atoms with Crippen LogP contribution in [0.25, 0.3) is 0 Å². The number of benzene rings is 1. The quantitative estimate of drug-likeness (QED) is 0.485. The fourth-order valence-corrected chi connectivity index (χ4v) is 1.13. The fraction of sp³-hybridized carbons (Fsp3) is 0.333. The second kappa shape index (κ2) is 4.80. The summed E-state index contributed by atoms with van der Waals surface area (Å²) in [4.78, 5) is 25.0. The van der Waals surface area contributed by atoms with E-state index in [1.807, 2.05) is 0 Å². The zero-order valence-electron chi connectivity index (χ0n) is 9.85. The van der Waals surface area contributed by atoms with Crippen molar-refractivity contribution in [3.8, 4) is 5.75 Å². The second-order valence-corrected chi connectivity index (χ2v) is 4.41. The van der Waals surface area contributed by atoms with Crippen molar-refractivity contribution in [2.24, 2.45) is 4.99 Å². The van der Waals surface area contributed by atoms with Crippen LogP contribution < -0.4 is 0 Å². The highest BCUT2D eigenvalue weighted by Crippen LogP contribution is 2.27. The monoisotopic (exact) mass is 235 g/mol. The molecule has 0 heterocycles. The van der Waals surface area contributed by atoms with Gasteiger partial charge in [0, 0.05) is 0 Å². The van der Waals surface area contributed by atoms with Crippen LogP contribution >= 0.6 is 0 Å². The van der Waals surface area contributed by atoms with Crippen molar-refractivity contribution in [2.45, 2.75) is 26.4 Å². The second-order valence-electron chi connectivity index (χ2n) is 4.41. The molecular formula is C12H13NO4. The molecule has 90 valence electrons. The topological polar surface area (TPSA) is 76.0 Å². The van der Waals surface area contributed by atoms with Crippen LogP contribution in [-0.2, 0) is 9.53 Å². The number of nitrogens with zero attached hydrogens (tertiary/aromatic N) is 1. The molecule has 0 atom stereocenters. The van der Waals surface area contributed by atoms with Crippen molar-refractivity contribution in [3.63, 3.8) is 0 Å². The summed E-state index contributed by atoms with van der Waals surface area (Å²) >= 11 is 0. The molecule has 0 radical (unpaired) electrons. The van der Waals surface area contributed by atoms with Crippen LogP contribution in [0, 0.1) is 0 Å². The van der Waals surface area contributed by atoms with E-state index in [9.17, 15) is 14.7 Å². The van der Waals surface area contributed by atoms with Crippen LogP contribution in [0.3, 0.4) is 0 Å². The molecule has 0 bridgehead atoms. The van der Waals surface area contributed by atoms with Gasteiger partial charge in [-0.15, -0.1) is 0 Å². The highest BCUT2D eigenvalue weighted by Gasteiger charge is 2.18. The van der Waals surface area contributed by atoms with Gasteiger partial charge >= 0.3 is 5.97 Å². The van der Waals surface area contributed by atoms with Gasteiger partial charge < -0.3 is 9.84 Å². The van der Waals surface area contributed by atoms with Gasteiger partial charge in [0.15, 0.2) is 0 Å². The van der Waals surface area contributed by atoms with Crippen molar-refractivity contribution in [1.29, 1.82) is 0 Å². The zero-order valence-corrected chi connectivity index (χ0v) is 9.85. The summed E-state index contributed by atoms with van der Waals surface area (Å²) in [6, 6.07) is 3.97. The van der Waals surface area contributed by atoms with E-state index in [-0.39, 0.29) is 17.0 Å². The molecule has 1 aromatic rings. The van der Waals surface area contributed by atoms with Crippen molar-refractivity contribution in [2.75, 3.05) is 0 Å². The van der Waals surface area contributed by atoms with E-state index in [1.54, 1.807) is 20.8 Å². The number of hydrogen-bond donors (Lipinski definition) is 1. The minimum atomic E-state index is -0.605. The van der Waals surface area contributed by atoms with Gasteiger partial charge in [-0.05, 0) is 39.0 Å². The van der Waals surface area contributed by atoms with Crippen molar-refractivity contribution in [3.05, 3.63) is 23.8 Å².